The van der Waals surface area contributed by atoms with Crippen LogP contribution < -0.4 is 0 Å². The lowest BCUT2D eigenvalue weighted by molar-refractivity contribution is 0.136. The highest BCUT2D eigenvalue weighted by atomic mass is 15.2. The third kappa shape index (κ3) is 3.11. The van der Waals surface area contributed by atoms with Gasteiger partial charge in [0.1, 0.15) is 0 Å². The van der Waals surface area contributed by atoms with Crippen molar-refractivity contribution in [1.82, 2.24) is 4.90 Å². The Labute approximate surface area is 110 Å². The van der Waals surface area contributed by atoms with E-state index in [1.807, 2.05) is 6.07 Å². The van der Waals surface area contributed by atoms with Gasteiger partial charge in [0.15, 0.2) is 0 Å². The van der Waals surface area contributed by atoms with E-state index in [-0.39, 0.29) is 0 Å². The zero-order chi connectivity index (χ0) is 12.8. The van der Waals surface area contributed by atoms with E-state index in [2.05, 4.69) is 36.1 Å². The molecule has 2 rings (SSSR count). The molecular formula is C16H22N2. The van der Waals surface area contributed by atoms with Gasteiger partial charge in [-0.15, -0.1) is 0 Å². The summed E-state index contributed by atoms with van der Waals surface area (Å²) in [5.41, 5.74) is 2.53. The standard InChI is InChI=1S/C16H22N2/c1-2-16-9-5-6-12-18(16)13-15-8-4-3-7-14(15)10-11-17/h3-4,7-8,16H,2,5-6,9-10,12-13H2,1H3. The summed E-state index contributed by atoms with van der Waals surface area (Å²) in [7, 11) is 0. The number of nitrogens with zero attached hydrogens (tertiary/aromatic N) is 2. The van der Waals surface area contributed by atoms with Crippen LogP contribution in [0.3, 0.4) is 0 Å². The summed E-state index contributed by atoms with van der Waals surface area (Å²) in [5.74, 6) is 0. The van der Waals surface area contributed by atoms with Gasteiger partial charge >= 0.3 is 0 Å². The molecule has 0 amide bonds. The van der Waals surface area contributed by atoms with Crippen LogP contribution in [0.2, 0.25) is 0 Å². The molecule has 1 aliphatic heterocycles. The topological polar surface area (TPSA) is 27.0 Å². The monoisotopic (exact) mass is 242 g/mol. The predicted octanol–water partition coefficient (Wildman–Crippen LogP) is 3.52. The van der Waals surface area contributed by atoms with Gasteiger partial charge in [-0.3, -0.25) is 4.90 Å². The Hall–Kier alpha value is -1.33. The highest BCUT2D eigenvalue weighted by Gasteiger charge is 2.21. The number of likely N-dealkylation sites (tertiary alicyclic amines) is 1. The van der Waals surface area contributed by atoms with Crippen LogP contribution in [0.5, 0.6) is 0 Å². The van der Waals surface area contributed by atoms with Crippen molar-refractivity contribution in [3.8, 4) is 6.07 Å². The van der Waals surface area contributed by atoms with Crippen LogP contribution in [0.15, 0.2) is 24.3 Å². The molecule has 1 aromatic rings. The first-order chi connectivity index (χ1) is 8.85. The maximum absolute atomic E-state index is 8.88. The molecule has 1 saturated heterocycles. The van der Waals surface area contributed by atoms with Gasteiger partial charge in [0.05, 0.1) is 12.5 Å². The zero-order valence-electron chi connectivity index (χ0n) is 11.2. The third-order valence-corrected chi connectivity index (χ3v) is 3.98. The number of benzene rings is 1. The number of hydrogen-bond donors (Lipinski definition) is 0. The average Bonchev–Trinajstić information content (AvgIpc) is 2.42. The fourth-order valence-electron chi connectivity index (χ4n) is 2.92. The van der Waals surface area contributed by atoms with E-state index in [1.54, 1.807) is 0 Å². The van der Waals surface area contributed by atoms with E-state index in [4.69, 9.17) is 5.26 Å². The van der Waals surface area contributed by atoms with Crippen molar-refractivity contribution < 1.29 is 0 Å². The second kappa shape index (κ2) is 6.56. The van der Waals surface area contributed by atoms with Gasteiger partial charge in [-0.1, -0.05) is 37.6 Å². The van der Waals surface area contributed by atoms with Gasteiger partial charge in [-0.05, 0) is 36.9 Å². The number of hydrogen-bond acceptors (Lipinski definition) is 2. The van der Waals surface area contributed by atoms with Gasteiger partial charge in [0.2, 0.25) is 0 Å². The smallest absolute Gasteiger partial charge is 0.0669 e. The van der Waals surface area contributed by atoms with Gasteiger partial charge in [-0.2, -0.15) is 5.26 Å². The molecule has 1 aliphatic rings. The molecule has 1 heterocycles. The lowest BCUT2D eigenvalue weighted by Crippen LogP contribution is -2.38. The molecule has 1 aromatic carbocycles. The molecular weight excluding hydrogens is 220 g/mol. The van der Waals surface area contributed by atoms with E-state index < -0.39 is 0 Å². The van der Waals surface area contributed by atoms with Crippen molar-refractivity contribution in [2.24, 2.45) is 0 Å². The molecule has 0 spiro atoms. The van der Waals surface area contributed by atoms with Gasteiger partial charge in [-0.25, -0.2) is 0 Å². The Bertz CT molecular complexity index is 419. The molecule has 1 fully saturated rings. The van der Waals surface area contributed by atoms with Crippen molar-refractivity contribution in [1.29, 1.82) is 5.26 Å². The molecule has 96 valence electrons. The quantitative estimate of drug-likeness (QED) is 0.807. The SMILES string of the molecule is CCC1CCCCN1Cc1ccccc1CC#N. The Morgan fingerprint density at radius 1 is 1.28 bits per heavy atom. The third-order valence-electron chi connectivity index (χ3n) is 3.98. The number of rotatable bonds is 4. The fraction of sp³-hybridized carbons (Fsp3) is 0.562. The Morgan fingerprint density at radius 2 is 2.06 bits per heavy atom. The van der Waals surface area contributed by atoms with Crippen molar-refractivity contribution >= 4 is 0 Å². The molecule has 2 nitrogen and oxygen atoms in total. The van der Waals surface area contributed by atoms with Gasteiger partial charge in [0, 0.05) is 12.6 Å². The first kappa shape index (κ1) is 13.1. The van der Waals surface area contributed by atoms with Crippen LogP contribution in [0.1, 0.15) is 43.7 Å². The summed E-state index contributed by atoms with van der Waals surface area (Å²) >= 11 is 0. The van der Waals surface area contributed by atoms with E-state index >= 15 is 0 Å². The molecule has 0 saturated carbocycles. The van der Waals surface area contributed by atoms with Crippen molar-refractivity contribution in [2.45, 2.75) is 51.6 Å². The van der Waals surface area contributed by atoms with Crippen LogP contribution in [0, 0.1) is 11.3 Å². The van der Waals surface area contributed by atoms with E-state index in [0.717, 1.165) is 12.6 Å². The molecule has 1 atom stereocenters. The number of piperidine rings is 1. The van der Waals surface area contributed by atoms with E-state index in [9.17, 15) is 0 Å². The molecule has 0 aliphatic carbocycles. The summed E-state index contributed by atoms with van der Waals surface area (Å²) in [6.07, 6.45) is 5.78. The van der Waals surface area contributed by atoms with Crippen LogP contribution >= 0.6 is 0 Å². The van der Waals surface area contributed by atoms with Crippen LogP contribution in [-0.2, 0) is 13.0 Å². The Kier molecular flexibility index (Phi) is 4.78. The first-order valence-electron chi connectivity index (χ1n) is 7.03. The summed E-state index contributed by atoms with van der Waals surface area (Å²) in [6.45, 7) is 4.50. The van der Waals surface area contributed by atoms with Crippen molar-refractivity contribution in [3.05, 3.63) is 35.4 Å². The molecule has 1 unspecified atom stereocenters. The minimum atomic E-state index is 0.529. The highest BCUT2D eigenvalue weighted by Crippen LogP contribution is 2.23. The van der Waals surface area contributed by atoms with Crippen LogP contribution in [-0.4, -0.2) is 17.5 Å². The normalized spacial score (nSPS) is 20.6. The van der Waals surface area contributed by atoms with E-state index in [0.29, 0.717) is 6.42 Å². The first-order valence-corrected chi connectivity index (χ1v) is 7.03. The van der Waals surface area contributed by atoms with Crippen LogP contribution in [0.4, 0.5) is 0 Å². The largest absolute Gasteiger partial charge is 0.296 e. The molecule has 0 radical (unpaired) electrons. The minimum Gasteiger partial charge on any atom is -0.296 e. The maximum atomic E-state index is 8.88. The second-order valence-electron chi connectivity index (χ2n) is 5.13. The fourth-order valence-corrected chi connectivity index (χ4v) is 2.92. The lowest BCUT2D eigenvalue weighted by Gasteiger charge is -2.35. The summed E-state index contributed by atoms with van der Waals surface area (Å²) in [5, 5.41) is 8.88. The maximum Gasteiger partial charge on any atom is 0.0669 e. The zero-order valence-corrected chi connectivity index (χ0v) is 11.2. The molecule has 0 N–H and O–H groups in total. The summed E-state index contributed by atoms with van der Waals surface area (Å²) in [6, 6.07) is 11.4. The highest BCUT2D eigenvalue weighted by molar-refractivity contribution is 5.29. The van der Waals surface area contributed by atoms with Gasteiger partial charge < -0.3 is 0 Å². The molecule has 0 bridgehead atoms. The lowest BCUT2D eigenvalue weighted by atomic mass is 9.97. The Morgan fingerprint density at radius 3 is 2.78 bits per heavy atom. The number of nitriles is 1. The second-order valence-corrected chi connectivity index (χ2v) is 5.13. The summed E-state index contributed by atoms with van der Waals surface area (Å²) < 4.78 is 0. The van der Waals surface area contributed by atoms with Crippen LogP contribution in [0.25, 0.3) is 0 Å². The average molecular weight is 242 g/mol. The molecule has 2 heteroatoms. The molecule has 18 heavy (non-hydrogen) atoms. The Balaban J connectivity index is 2.10. The van der Waals surface area contributed by atoms with E-state index in [1.165, 1.54) is 43.4 Å². The van der Waals surface area contributed by atoms with Crippen molar-refractivity contribution in [2.75, 3.05) is 6.54 Å². The summed E-state index contributed by atoms with van der Waals surface area (Å²) in [4.78, 5) is 2.60. The van der Waals surface area contributed by atoms with Crippen molar-refractivity contribution in [3.63, 3.8) is 0 Å². The minimum absolute atomic E-state index is 0.529. The predicted molar refractivity (Wildman–Crippen MR) is 74.1 cm³/mol. The molecule has 0 aromatic heterocycles. The van der Waals surface area contributed by atoms with Gasteiger partial charge in [0.25, 0.3) is 0 Å².